The standard InChI is InChI=1S/C12H13BrN2OS/c13-8-1-2-11-10(7-8)14-12(17)15(11)9-3-5-16-6-4-9/h1-2,7,9H,3-6H2,(H,14,17). The number of hydrogen-bond acceptors (Lipinski definition) is 2. The molecule has 0 unspecified atom stereocenters. The fraction of sp³-hybridized carbons (Fsp3) is 0.417. The number of hydrogen-bond donors (Lipinski definition) is 1. The molecule has 3 rings (SSSR count). The van der Waals surface area contributed by atoms with Gasteiger partial charge < -0.3 is 14.3 Å². The third-order valence-electron chi connectivity index (χ3n) is 3.23. The zero-order valence-corrected chi connectivity index (χ0v) is 11.7. The van der Waals surface area contributed by atoms with Gasteiger partial charge >= 0.3 is 0 Å². The number of aromatic amines is 1. The minimum absolute atomic E-state index is 0.464. The average Bonchev–Trinajstić information content (AvgIpc) is 2.65. The number of nitrogens with zero attached hydrogens (tertiary/aromatic N) is 1. The van der Waals surface area contributed by atoms with Crippen molar-refractivity contribution in [2.45, 2.75) is 18.9 Å². The van der Waals surface area contributed by atoms with Crippen LogP contribution in [0.15, 0.2) is 22.7 Å². The molecular formula is C12H13BrN2OS. The van der Waals surface area contributed by atoms with Crippen molar-refractivity contribution in [2.24, 2.45) is 0 Å². The Kier molecular flexibility index (Phi) is 3.06. The van der Waals surface area contributed by atoms with E-state index in [1.807, 2.05) is 0 Å². The van der Waals surface area contributed by atoms with Gasteiger partial charge in [-0.2, -0.15) is 0 Å². The van der Waals surface area contributed by atoms with Gasteiger partial charge in [0.05, 0.1) is 11.0 Å². The van der Waals surface area contributed by atoms with Gasteiger partial charge in [-0.1, -0.05) is 15.9 Å². The van der Waals surface area contributed by atoms with Crippen molar-refractivity contribution in [1.29, 1.82) is 0 Å². The number of fused-ring (bicyclic) bond motifs is 1. The molecule has 0 aliphatic carbocycles. The maximum Gasteiger partial charge on any atom is 0.178 e. The molecule has 1 aliphatic heterocycles. The summed E-state index contributed by atoms with van der Waals surface area (Å²) in [6.45, 7) is 1.66. The molecule has 1 saturated heterocycles. The molecule has 2 heterocycles. The molecule has 0 radical (unpaired) electrons. The van der Waals surface area contributed by atoms with Gasteiger partial charge in [0, 0.05) is 23.7 Å². The number of nitrogens with one attached hydrogen (secondary N) is 1. The summed E-state index contributed by atoms with van der Waals surface area (Å²) in [7, 11) is 0. The number of H-pyrrole nitrogens is 1. The number of rotatable bonds is 1. The highest BCUT2D eigenvalue weighted by molar-refractivity contribution is 9.10. The summed E-state index contributed by atoms with van der Waals surface area (Å²) in [5.41, 5.74) is 2.28. The van der Waals surface area contributed by atoms with Gasteiger partial charge in [-0.05, 0) is 43.3 Å². The van der Waals surface area contributed by atoms with Crippen LogP contribution in [0.5, 0.6) is 0 Å². The van der Waals surface area contributed by atoms with Crippen LogP contribution in [0.2, 0.25) is 0 Å². The van der Waals surface area contributed by atoms with Gasteiger partial charge in [0.15, 0.2) is 4.77 Å². The first-order valence-electron chi connectivity index (χ1n) is 5.73. The molecule has 1 aromatic carbocycles. The highest BCUT2D eigenvalue weighted by Gasteiger charge is 2.18. The van der Waals surface area contributed by atoms with Gasteiger partial charge in [0.2, 0.25) is 0 Å². The SMILES string of the molecule is S=c1[nH]c2cc(Br)ccc2n1C1CCOCC1. The first-order chi connectivity index (χ1) is 8.25. The average molecular weight is 313 g/mol. The first-order valence-corrected chi connectivity index (χ1v) is 6.93. The van der Waals surface area contributed by atoms with Crippen molar-refractivity contribution in [3.8, 4) is 0 Å². The molecule has 0 atom stereocenters. The Hall–Kier alpha value is -0.650. The van der Waals surface area contributed by atoms with Crippen LogP contribution in [0, 0.1) is 4.77 Å². The largest absolute Gasteiger partial charge is 0.381 e. The lowest BCUT2D eigenvalue weighted by atomic mass is 10.1. The quantitative estimate of drug-likeness (QED) is 0.811. The Balaban J connectivity index is 2.14. The minimum Gasteiger partial charge on any atom is -0.381 e. The maximum absolute atomic E-state index is 5.43. The minimum atomic E-state index is 0.464. The molecule has 5 heteroatoms. The van der Waals surface area contributed by atoms with Crippen LogP contribution in [0.25, 0.3) is 11.0 Å². The first kappa shape index (κ1) is 11.4. The Labute approximate surface area is 113 Å². The molecule has 3 nitrogen and oxygen atoms in total. The molecule has 0 bridgehead atoms. The Morgan fingerprint density at radius 3 is 2.88 bits per heavy atom. The second-order valence-electron chi connectivity index (χ2n) is 4.31. The molecule has 17 heavy (non-hydrogen) atoms. The van der Waals surface area contributed by atoms with Crippen LogP contribution in [0.4, 0.5) is 0 Å². The molecule has 0 amide bonds. The van der Waals surface area contributed by atoms with E-state index < -0.39 is 0 Å². The molecule has 1 N–H and O–H groups in total. The summed E-state index contributed by atoms with van der Waals surface area (Å²) in [5.74, 6) is 0. The predicted octanol–water partition coefficient (Wildman–Crippen LogP) is 3.81. The maximum atomic E-state index is 5.43. The van der Waals surface area contributed by atoms with Gasteiger partial charge in [0.25, 0.3) is 0 Å². The molecule has 0 spiro atoms. The lowest BCUT2D eigenvalue weighted by molar-refractivity contribution is 0.0702. The van der Waals surface area contributed by atoms with Crippen LogP contribution >= 0.6 is 28.1 Å². The molecule has 1 aliphatic rings. The molecule has 90 valence electrons. The fourth-order valence-corrected chi connectivity index (χ4v) is 3.13. The number of ether oxygens (including phenoxy) is 1. The van der Waals surface area contributed by atoms with Crippen LogP contribution < -0.4 is 0 Å². The summed E-state index contributed by atoms with van der Waals surface area (Å²) >= 11 is 8.91. The van der Waals surface area contributed by atoms with Crippen molar-refractivity contribution >= 4 is 39.2 Å². The van der Waals surface area contributed by atoms with Gasteiger partial charge in [-0.25, -0.2) is 0 Å². The van der Waals surface area contributed by atoms with E-state index >= 15 is 0 Å². The zero-order chi connectivity index (χ0) is 11.8. The van der Waals surface area contributed by atoms with Gasteiger partial charge in [-0.15, -0.1) is 0 Å². The highest BCUT2D eigenvalue weighted by atomic mass is 79.9. The van der Waals surface area contributed by atoms with Crippen LogP contribution in [-0.2, 0) is 4.74 Å². The summed E-state index contributed by atoms with van der Waals surface area (Å²) < 4.78 is 9.52. The van der Waals surface area contributed by atoms with E-state index in [0.29, 0.717) is 6.04 Å². The van der Waals surface area contributed by atoms with Crippen LogP contribution in [-0.4, -0.2) is 22.8 Å². The van der Waals surface area contributed by atoms with Crippen molar-refractivity contribution in [1.82, 2.24) is 9.55 Å². The number of imidazole rings is 1. The van der Waals surface area contributed by atoms with Crippen molar-refractivity contribution in [3.05, 3.63) is 27.4 Å². The highest BCUT2D eigenvalue weighted by Crippen LogP contribution is 2.27. The summed E-state index contributed by atoms with van der Waals surface area (Å²) in [5, 5.41) is 0. The molecule has 1 fully saturated rings. The van der Waals surface area contributed by atoms with E-state index in [-0.39, 0.29) is 0 Å². The third-order valence-corrected chi connectivity index (χ3v) is 4.03. The zero-order valence-electron chi connectivity index (χ0n) is 9.28. The molecule has 0 saturated carbocycles. The Bertz CT molecular complexity index is 598. The monoisotopic (exact) mass is 312 g/mol. The van der Waals surface area contributed by atoms with Gasteiger partial charge in [-0.3, -0.25) is 0 Å². The smallest absolute Gasteiger partial charge is 0.178 e. The van der Waals surface area contributed by atoms with E-state index in [1.165, 1.54) is 5.52 Å². The summed E-state index contributed by atoms with van der Waals surface area (Å²) in [6, 6.07) is 6.70. The van der Waals surface area contributed by atoms with Crippen LogP contribution in [0.1, 0.15) is 18.9 Å². The van der Waals surface area contributed by atoms with Crippen LogP contribution in [0.3, 0.4) is 0 Å². The fourth-order valence-electron chi connectivity index (χ4n) is 2.41. The molecular weight excluding hydrogens is 300 g/mol. The Morgan fingerprint density at radius 2 is 2.12 bits per heavy atom. The lowest BCUT2D eigenvalue weighted by Crippen LogP contribution is -2.19. The van der Waals surface area contributed by atoms with E-state index in [2.05, 4.69) is 43.7 Å². The summed E-state index contributed by atoms with van der Waals surface area (Å²) in [6.07, 6.45) is 2.08. The van der Waals surface area contributed by atoms with Crippen molar-refractivity contribution in [3.63, 3.8) is 0 Å². The van der Waals surface area contributed by atoms with E-state index in [4.69, 9.17) is 17.0 Å². The van der Waals surface area contributed by atoms with Crippen molar-refractivity contribution < 1.29 is 4.74 Å². The molecule has 2 aromatic rings. The second-order valence-corrected chi connectivity index (χ2v) is 5.61. The predicted molar refractivity (Wildman–Crippen MR) is 73.9 cm³/mol. The van der Waals surface area contributed by atoms with E-state index in [1.54, 1.807) is 0 Å². The topological polar surface area (TPSA) is 29.9 Å². The van der Waals surface area contributed by atoms with E-state index in [9.17, 15) is 0 Å². The van der Waals surface area contributed by atoms with E-state index in [0.717, 1.165) is 40.8 Å². The number of halogens is 1. The van der Waals surface area contributed by atoms with Crippen molar-refractivity contribution in [2.75, 3.05) is 13.2 Å². The lowest BCUT2D eigenvalue weighted by Gasteiger charge is -2.24. The normalized spacial score (nSPS) is 17.7. The number of aromatic nitrogens is 2. The summed E-state index contributed by atoms with van der Waals surface area (Å²) in [4.78, 5) is 3.27. The second kappa shape index (κ2) is 4.55. The third kappa shape index (κ3) is 2.07. The molecule has 1 aromatic heterocycles. The van der Waals surface area contributed by atoms with Gasteiger partial charge in [0.1, 0.15) is 0 Å². The Morgan fingerprint density at radius 1 is 1.35 bits per heavy atom. The number of benzene rings is 1.